The zero-order valence-corrected chi connectivity index (χ0v) is 13.4. The number of hydrogen-bond donors (Lipinski definition) is 1. The number of fused-ring (bicyclic) bond motifs is 1. The van der Waals surface area contributed by atoms with E-state index in [9.17, 15) is 18.0 Å². The Labute approximate surface area is 142 Å². The lowest BCUT2D eigenvalue weighted by atomic mass is 10.3. The normalized spacial score (nSPS) is 10.8. The summed E-state index contributed by atoms with van der Waals surface area (Å²) in [6.07, 6.45) is 0. The Morgan fingerprint density at radius 2 is 2.00 bits per heavy atom. The molecule has 0 aliphatic rings. The number of thiazole rings is 1. The Kier molecular flexibility index (Phi) is 4.59. The van der Waals surface area contributed by atoms with E-state index in [0.29, 0.717) is 10.8 Å². The summed E-state index contributed by atoms with van der Waals surface area (Å²) in [6.45, 7) is -0.356. The number of nitrogens with zero attached hydrogens (tertiary/aromatic N) is 1. The van der Waals surface area contributed by atoms with Gasteiger partial charge >= 0.3 is 0 Å². The van der Waals surface area contributed by atoms with E-state index in [1.54, 1.807) is 24.3 Å². The second-order valence-corrected chi connectivity index (χ2v) is 6.06. The van der Waals surface area contributed by atoms with E-state index >= 15 is 0 Å². The molecule has 1 amide bonds. The molecule has 0 radical (unpaired) electrons. The van der Waals surface area contributed by atoms with E-state index < -0.39 is 23.4 Å². The van der Waals surface area contributed by atoms with Crippen LogP contribution in [0.4, 0.5) is 18.3 Å². The van der Waals surface area contributed by atoms with Crippen LogP contribution in [-0.4, -0.2) is 17.5 Å². The molecule has 0 saturated carbocycles. The van der Waals surface area contributed by atoms with E-state index in [2.05, 4.69) is 10.3 Å². The number of nitrogens with one attached hydrogen (secondary N) is 1. The average Bonchev–Trinajstić information content (AvgIpc) is 2.94. The molecule has 9 heteroatoms. The first kappa shape index (κ1) is 16.5. The van der Waals surface area contributed by atoms with Crippen LogP contribution in [0.15, 0.2) is 30.3 Å². The summed E-state index contributed by atoms with van der Waals surface area (Å²) in [5, 5.41) is 2.72. The molecule has 1 aromatic heterocycles. The van der Waals surface area contributed by atoms with Crippen LogP contribution in [0.3, 0.4) is 0 Å². The Hall–Kier alpha value is -2.32. The summed E-state index contributed by atoms with van der Waals surface area (Å²) in [6, 6.07) is 7.42. The minimum Gasteiger partial charge on any atom is -0.482 e. The largest absolute Gasteiger partial charge is 0.482 e. The number of anilines is 1. The Morgan fingerprint density at radius 3 is 2.75 bits per heavy atom. The molecule has 0 fully saturated rings. The van der Waals surface area contributed by atoms with Gasteiger partial charge in [-0.15, -0.1) is 0 Å². The van der Waals surface area contributed by atoms with Crippen LogP contribution in [0.25, 0.3) is 10.2 Å². The highest BCUT2D eigenvalue weighted by Gasteiger charge is 2.18. The molecule has 124 valence electrons. The molecule has 0 bridgehead atoms. The van der Waals surface area contributed by atoms with Crippen molar-refractivity contribution in [2.75, 3.05) is 11.9 Å². The van der Waals surface area contributed by atoms with Gasteiger partial charge in [-0.05, 0) is 18.2 Å². The number of ether oxygens (including phenoxy) is 1. The van der Waals surface area contributed by atoms with Crippen LogP contribution in [0, 0.1) is 17.5 Å². The van der Waals surface area contributed by atoms with Crippen molar-refractivity contribution < 1.29 is 22.7 Å². The van der Waals surface area contributed by atoms with Crippen LogP contribution in [0.5, 0.6) is 5.75 Å². The van der Waals surface area contributed by atoms with E-state index in [0.717, 1.165) is 17.4 Å². The number of carbonyl (C=O) groups excluding carboxylic acids is 1. The number of aromatic nitrogens is 1. The van der Waals surface area contributed by atoms with Gasteiger partial charge in [0.2, 0.25) is 0 Å². The minimum atomic E-state index is -1.60. The second-order valence-electron chi connectivity index (χ2n) is 4.62. The topological polar surface area (TPSA) is 51.2 Å². The molecular formula is C15H8ClF3N2O2S. The van der Waals surface area contributed by atoms with Crippen LogP contribution in [-0.2, 0) is 4.79 Å². The van der Waals surface area contributed by atoms with Crippen LogP contribution in [0.1, 0.15) is 0 Å². The molecule has 24 heavy (non-hydrogen) atoms. The van der Waals surface area contributed by atoms with Gasteiger partial charge in [0.05, 0.1) is 9.72 Å². The Bertz CT molecular complexity index is 932. The Morgan fingerprint density at radius 1 is 1.25 bits per heavy atom. The number of rotatable bonds is 4. The van der Waals surface area contributed by atoms with Gasteiger partial charge in [-0.3, -0.25) is 10.1 Å². The first-order valence-electron chi connectivity index (χ1n) is 6.57. The fourth-order valence-electron chi connectivity index (χ4n) is 1.89. The highest BCUT2D eigenvalue weighted by molar-refractivity contribution is 7.22. The lowest BCUT2D eigenvalue weighted by molar-refractivity contribution is -0.118. The number of carbonyl (C=O) groups is 1. The van der Waals surface area contributed by atoms with Crippen molar-refractivity contribution in [3.63, 3.8) is 0 Å². The number of halogens is 4. The third kappa shape index (κ3) is 3.29. The summed E-state index contributed by atoms with van der Waals surface area (Å²) in [7, 11) is 0. The quantitative estimate of drug-likeness (QED) is 0.691. The molecule has 0 unspecified atom stereocenters. The summed E-state index contributed by atoms with van der Waals surface area (Å²) in [5.74, 6) is -4.56. The van der Waals surface area contributed by atoms with Crippen molar-refractivity contribution in [2.24, 2.45) is 0 Å². The average molecular weight is 373 g/mol. The number of amides is 1. The van der Waals surface area contributed by atoms with Crippen LogP contribution in [0.2, 0.25) is 5.02 Å². The van der Waals surface area contributed by atoms with Crippen molar-refractivity contribution in [3.8, 4) is 5.75 Å². The monoisotopic (exact) mass is 372 g/mol. The first-order valence-corrected chi connectivity index (χ1v) is 7.76. The van der Waals surface area contributed by atoms with Gasteiger partial charge in [0, 0.05) is 0 Å². The second kappa shape index (κ2) is 6.66. The standard InChI is InChI=1S/C15H8ClF3N2O2S/c16-7-3-1-2-4-9(7)23-6-11(22)20-15-21-14-10(24-15)5-8(17)12(18)13(14)19/h1-5H,6H2,(H,20,21,22). The number of hydrogen-bond acceptors (Lipinski definition) is 4. The molecule has 0 aliphatic heterocycles. The van der Waals surface area contributed by atoms with Crippen LogP contribution >= 0.6 is 22.9 Å². The SMILES string of the molecule is O=C(COc1ccccc1Cl)Nc1nc2c(F)c(F)c(F)cc2s1. The Balaban J connectivity index is 1.72. The third-order valence-electron chi connectivity index (χ3n) is 2.96. The van der Waals surface area contributed by atoms with E-state index in [4.69, 9.17) is 16.3 Å². The molecule has 0 saturated heterocycles. The molecule has 3 aromatic rings. The van der Waals surface area contributed by atoms with Gasteiger partial charge in [-0.1, -0.05) is 35.1 Å². The fourth-order valence-corrected chi connectivity index (χ4v) is 2.98. The lowest BCUT2D eigenvalue weighted by Gasteiger charge is -2.06. The summed E-state index contributed by atoms with van der Waals surface area (Å²) < 4.78 is 45.3. The zero-order valence-electron chi connectivity index (χ0n) is 11.8. The third-order valence-corrected chi connectivity index (χ3v) is 4.19. The predicted octanol–water partition coefficient (Wildman–Crippen LogP) is 4.38. The molecule has 4 nitrogen and oxygen atoms in total. The summed E-state index contributed by atoms with van der Waals surface area (Å²) in [5.41, 5.74) is -0.346. The molecule has 0 spiro atoms. The van der Waals surface area contributed by atoms with E-state index in [1.165, 1.54) is 0 Å². The van der Waals surface area contributed by atoms with Gasteiger partial charge < -0.3 is 4.74 Å². The van der Waals surface area contributed by atoms with Crippen molar-refractivity contribution >= 4 is 44.2 Å². The maximum atomic E-state index is 13.6. The molecule has 0 aliphatic carbocycles. The smallest absolute Gasteiger partial charge is 0.264 e. The maximum absolute atomic E-state index is 13.6. The number of benzene rings is 2. The fraction of sp³-hybridized carbons (Fsp3) is 0.0667. The molecule has 1 N–H and O–H groups in total. The molecule has 1 heterocycles. The van der Waals surface area contributed by atoms with Gasteiger partial charge in [0.25, 0.3) is 5.91 Å². The van der Waals surface area contributed by atoms with Gasteiger partial charge in [0.15, 0.2) is 29.2 Å². The maximum Gasteiger partial charge on any atom is 0.264 e. The van der Waals surface area contributed by atoms with Gasteiger partial charge in [-0.2, -0.15) is 0 Å². The number of para-hydroxylation sites is 1. The van der Waals surface area contributed by atoms with Gasteiger partial charge in [-0.25, -0.2) is 18.2 Å². The van der Waals surface area contributed by atoms with Crippen molar-refractivity contribution in [1.82, 2.24) is 4.98 Å². The minimum absolute atomic E-state index is 0.00154. The molecule has 3 rings (SSSR count). The summed E-state index contributed by atoms with van der Waals surface area (Å²) >= 11 is 6.70. The highest BCUT2D eigenvalue weighted by Crippen LogP contribution is 2.30. The zero-order chi connectivity index (χ0) is 17.3. The summed E-state index contributed by atoms with van der Waals surface area (Å²) in [4.78, 5) is 15.6. The van der Waals surface area contributed by atoms with Crippen molar-refractivity contribution in [1.29, 1.82) is 0 Å². The molecule has 2 aromatic carbocycles. The molecular weight excluding hydrogens is 365 g/mol. The van der Waals surface area contributed by atoms with Crippen molar-refractivity contribution in [3.05, 3.63) is 52.8 Å². The first-order chi connectivity index (χ1) is 11.5. The van der Waals surface area contributed by atoms with Crippen molar-refractivity contribution in [2.45, 2.75) is 0 Å². The lowest BCUT2D eigenvalue weighted by Crippen LogP contribution is -2.20. The van der Waals surface area contributed by atoms with Gasteiger partial charge in [0.1, 0.15) is 11.3 Å². The van der Waals surface area contributed by atoms with Crippen LogP contribution < -0.4 is 10.1 Å². The van der Waals surface area contributed by atoms with E-state index in [-0.39, 0.29) is 22.0 Å². The molecule has 0 atom stereocenters. The highest BCUT2D eigenvalue weighted by atomic mass is 35.5. The predicted molar refractivity (Wildman–Crippen MR) is 85.1 cm³/mol. The van der Waals surface area contributed by atoms with E-state index in [1.807, 2.05) is 0 Å².